The van der Waals surface area contributed by atoms with E-state index in [0.717, 1.165) is 35.6 Å². The molecule has 1 heterocycles. The molecule has 2 aromatic rings. The zero-order chi connectivity index (χ0) is 15.2. The van der Waals surface area contributed by atoms with Gasteiger partial charge in [0.2, 0.25) is 0 Å². The van der Waals surface area contributed by atoms with E-state index in [-0.39, 0.29) is 6.10 Å². The first-order valence-electron chi connectivity index (χ1n) is 7.29. The number of benzene rings is 1. The van der Waals surface area contributed by atoms with Crippen LogP contribution in [0.1, 0.15) is 40.9 Å². The molecule has 0 aliphatic heterocycles. The summed E-state index contributed by atoms with van der Waals surface area (Å²) in [5.41, 5.74) is 9.89. The summed E-state index contributed by atoms with van der Waals surface area (Å²) in [4.78, 5) is 9.32. The van der Waals surface area contributed by atoms with Crippen LogP contribution in [-0.2, 0) is 11.2 Å². The molecule has 21 heavy (non-hydrogen) atoms. The van der Waals surface area contributed by atoms with E-state index in [1.807, 2.05) is 44.2 Å². The maximum Gasteiger partial charge on any atom is 0.162 e. The predicted molar refractivity (Wildman–Crippen MR) is 84.2 cm³/mol. The minimum Gasteiger partial charge on any atom is -0.369 e. The van der Waals surface area contributed by atoms with Crippen molar-refractivity contribution in [3.05, 3.63) is 58.7 Å². The van der Waals surface area contributed by atoms with Gasteiger partial charge in [0, 0.05) is 18.5 Å². The average molecular weight is 285 g/mol. The molecule has 1 unspecified atom stereocenters. The van der Waals surface area contributed by atoms with Crippen LogP contribution in [-0.4, -0.2) is 23.6 Å². The van der Waals surface area contributed by atoms with Crippen LogP contribution in [0.5, 0.6) is 0 Å². The van der Waals surface area contributed by atoms with Gasteiger partial charge in [-0.3, -0.25) is 0 Å². The normalized spacial score (nSPS) is 12.4. The monoisotopic (exact) mass is 285 g/mol. The van der Waals surface area contributed by atoms with Crippen molar-refractivity contribution >= 4 is 0 Å². The van der Waals surface area contributed by atoms with Crippen LogP contribution in [0.3, 0.4) is 0 Å². The zero-order valence-corrected chi connectivity index (χ0v) is 13.0. The van der Waals surface area contributed by atoms with Gasteiger partial charge in [-0.25, -0.2) is 9.97 Å². The van der Waals surface area contributed by atoms with Crippen molar-refractivity contribution in [1.29, 1.82) is 0 Å². The fraction of sp³-hybridized carbons (Fsp3) is 0.412. The zero-order valence-electron chi connectivity index (χ0n) is 13.0. The van der Waals surface area contributed by atoms with Gasteiger partial charge in [-0.05, 0) is 44.4 Å². The van der Waals surface area contributed by atoms with Gasteiger partial charge in [-0.15, -0.1) is 0 Å². The molecule has 0 spiro atoms. The number of nitrogens with zero attached hydrogens (tertiary/aromatic N) is 2. The fourth-order valence-electron chi connectivity index (χ4n) is 2.54. The van der Waals surface area contributed by atoms with E-state index < -0.39 is 0 Å². The summed E-state index contributed by atoms with van der Waals surface area (Å²) in [5, 5.41) is 0. The summed E-state index contributed by atoms with van der Waals surface area (Å²) in [6, 6.07) is 10.0. The second-order valence-corrected chi connectivity index (χ2v) is 5.15. The predicted octanol–water partition coefficient (Wildman–Crippen LogP) is 2.72. The van der Waals surface area contributed by atoms with Gasteiger partial charge >= 0.3 is 0 Å². The Hall–Kier alpha value is -1.78. The standard InChI is InChI=1S/C17H23N3O/c1-12-15(10-7-11-18)13(2)20-17(19-12)16(21-3)14-8-5-4-6-9-14/h4-6,8-9,16H,7,10-11,18H2,1-3H3. The summed E-state index contributed by atoms with van der Waals surface area (Å²) >= 11 is 0. The Bertz CT molecular complexity index is 561. The van der Waals surface area contributed by atoms with Crippen molar-refractivity contribution < 1.29 is 4.74 Å². The molecule has 0 saturated carbocycles. The summed E-state index contributed by atoms with van der Waals surface area (Å²) in [7, 11) is 1.69. The van der Waals surface area contributed by atoms with E-state index in [2.05, 4.69) is 9.97 Å². The van der Waals surface area contributed by atoms with Crippen molar-refractivity contribution in [3.8, 4) is 0 Å². The second kappa shape index (κ2) is 7.29. The number of methoxy groups -OCH3 is 1. The van der Waals surface area contributed by atoms with E-state index in [4.69, 9.17) is 10.5 Å². The molecule has 0 amide bonds. The SMILES string of the molecule is COC(c1ccccc1)c1nc(C)c(CCCN)c(C)n1. The Morgan fingerprint density at radius 2 is 1.71 bits per heavy atom. The largest absolute Gasteiger partial charge is 0.369 e. The van der Waals surface area contributed by atoms with Crippen molar-refractivity contribution in [2.24, 2.45) is 5.73 Å². The Morgan fingerprint density at radius 1 is 1.10 bits per heavy atom. The lowest BCUT2D eigenvalue weighted by Crippen LogP contribution is -2.13. The van der Waals surface area contributed by atoms with Gasteiger partial charge in [-0.2, -0.15) is 0 Å². The summed E-state index contributed by atoms with van der Waals surface area (Å²) in [5.74, 6) is 0.718. The van der Waals surface area contributed by atoms with Crippen molar-refractivity contribution in [2.75, 3.05) is 13.7 Å². The van der Waals surface area contributed by atoms with Crippen LogP contribution in [0, 0.1) is 13.8 Å². The molecule has 112 valence electrons. The van der Waals surface area contributed by atoms with E-state index in [9.17, 15) is 0 Å². The van der Waals surface area contributed by atoms with Crippen LogP contribution < -0.4 is 5.73 Å². The van der Waals surface area contributed by atoms with E-state index in [0.29, 0.717) is 6.54 Å². The summed E-state index contributed by atoms with van der Waals surface area (Å²) in [6.07, 6.45) is 1.65. The summed E-state index contributed by atoms with van der Waals surface area (Å²) in [6.45, 7) is 4.74. The molecule has 1 atom stereocenters. The van der Waals surface area contributed by atoms with Crippen LogP contribution >= 0.6 is 0 Å². The van der Waals surface area contributed by atoms with Crippen LogP contribution in [0.15, 0.2) is 30.3 Å². The highest BCUT2D eigenvalue weighted by atomic mass is 16.5. The second-order valence-electron chi connectivity index (χ2n) is 5.15. The van der Waals surface area contributed by atoms with Gasteiger partial charge < -0.3 is 10.5 Å². The molecule has 0 bridgehead atoms. The average Bonchev–Trinajstić information content (AvgIpc) is 2.48. The molecule has 1 aromatic heterocycles. The summed E-state index contributed by atoms with van der Waals surface area (Å²) < 4.78 is 5.61. The Morgan fingerprint density at radius 3 is 2.24 bits per heavy atom. The lowest BCUT2D eigenvalue weighted by atomic mass is 10.0. The number of nitrogens with two attached hydrogens (primary N) is 1. The maximum absolute atomic E-state index is 5.61. The minimum atomic E-state index is -0.229. The molecular formula is C17H23N3O. The number of aromatic nitrogens is 2. The van der Waals surface area contributed by atoms with Crippen molar-refractivity contribution in [1.82, 2.24) is 9.97 Å². The number of aryl methyl sites for hydroxylation is 2. The molecule has 0 radical (unpaired) electrons. The molecule has 4 nitrogen and oxygen atoms in total. The third kappa shape index (κ3) is 3.65. The van der Waals surface area contributed by atoms with E-state index in [1.165, 1.54) is 5.56 Å². The van der Waals surface area contributed by atoms with Crippen LogP contribution in [0.4, 0.5) is 0 Å². The van der Waals surface area contributed by atoms with Crippen molar-refractivity contribution in [3.63, 3.8) is 0 Å². The smallest absolute Gasteiger partial charge is 0.162 e. The molecule has 0 saturated heterocycles. The molecular weight excluding hydrogens is 262 g/mol. The molecule has 2 rings (SSSR count). The van der Waals surface area contributed by atoms with Gasteiger partial charge in [0.25, 0.3) is 0 Å². The van der Waals surface area contributed by atoms with E-state index >= 15 is 0 Å². The highest BCUT2D eigenvalue weighted by molar-refractivity contribution is 5.29. The lowest BCUT2D eigenvalue weighted by Gasteiger charge is -2.17. The quantitative estimate of drug-likeness (QED) is 0.886. The maximum atomic E-state index is 5.61. The topological polar surface area (TPSA) is 61.0 Å². The molecule has 4 heteroatoms. The first-order chi connectivity index (χ1) is 10.2. The van der Waals surface area contributed by atoms with Crippen LogP contribution in [0.25, 0.3) is 0 Å². The first kappa shape index (κ1) is 15.6. The van der Waals surface area contributed by atoms with Gasteiger partial charge in [-0.1, -0.05) is 30.3 Å². The van der Waals surface area contributed by atoms with Gasteiger partial charge in [0.1, 0.15) is 6.10 Å². The third-order valence-corrected chi connectivity index (χ3v) is 3.64. The fourth-order valence-corrected chi connectivity index (χ4v) is 2.54. The van der Waals surface area contributed by atoms with E-state index in [1.54, 1.807) is 7.11 Å². The van der Waals surface area contributed by atoms with Gasteiger partial charge in [0.05, 0.1) is 0 Å². The lowest BCUT2D eigenvalue weighted by molar-refractivity contribution is 0.128. The first-order valence-corrected chi connectivity index (χ1v) is 7.29. The highest BCUT2D eigenvalue weighted by Crippen LogP contribution is 2.24. The molecule has 2 N–H and O–H groups in total. The van der Waals surface area contributed by atoms with Crippen LogP contribution in [0.2, 0.25) is 0 Å². The number of hydrogen-bond donors (Lipinski definition) is 1. The molecule has 0 fully saturated rings. The molecule has 1 aromatic carbocycles. The Kier molecular flexibility index (Phi) is 5.42. The third-order valence-electron chi connectivity index (χ3n) is 3.64. The minimum absolute atomic E-state index is 0.229. The number of rotatable bonds is 6. The highest BCUT2D eigenvalue weighted by Gasteiger charge is 2.18. The molecule has 0 aliphatic carbocycles. The number of hydrogen-bond acceptors (Lipinski definition) is 4. The Labute approximate surface area is 126 Å². The number of ether oxygens (including phenoxy) is 1. The molecule has 0 aliphatic rings. The van der Waals surface area contributed by atoms with Crippen molar-refractivity contribution in [2.45, 2.75) is 32.8 Å². The van der Waals surface area contributed by atoms with Gasteiger partial charge in [0.15, 0.2) is 5.82 Å². The Balaban J connectivity index is 2.35.